The average molecular weight is 393 g/mol. The highest BCUT2D eigenvalue weighted by Crippen LogP contribution is 2.16. The van der Waals surface area contributed by atoms with Gasteiger partial charge in [-0.15, -0.1) is 0 Å². The van der Waals surface area contributed by atoms with E-state index < -0.39 is 10.0 Å². The predicted molar refractivity (Wildman–Crippen MR) is 105 cm³/mol. The molecule has 0 saturated carbocycles. The Balaban J connectivity index is 1.74. The van der Waals surface area contributed by atoms with Gasteiger partial charge in [-0.25, -0.2) is 13.1 Å². The molecule has 2 heterocycles. The van der Waals surface area contributed by atoms with Crippen molar-refractivity contribution in [2.45, 2.75) is 51.2 Å². The minimum Gasteiger partial charge on any atom is -0.377 e. The number of thioether (sulfide) groups is 1. The molecule has 0 spiro atoms. The van der Waals surface area contributed by atoms with Crippen LogP contribution in [0.25, 0.3) is 0 Å². The van der Waals surface area contributed by atoms with E-state index in [0.717, 1.165) is 44.6 Å². The van der Waals surface area contributed by atoms with Crippen LogP contribution >= 0.6 is 11.8 Å². The molecule has 2 atom stereocenters. The van der Waals surface area contributed by atoms with E-state index >= 15 is 0 Å². The number of guanidine groups is 1. The lowest BCUT2D eigenvalue weighted by Gasteiger charge is -2.24. The lowest BCUT2D eigenvalue weighted by atomic mass is 10.1. The molecule has 0 radical (unpaired) electrons. The lowest BCUT2D eigenvalue weighted by Crippen LogP contribution is -2.45. The first-order valence-corrected chi connectivity index (χ1v) is 12.1. The summed E-state index contributed by atoms with van der Waals surface area (Å²) in [5.74, 6) is 3.00. The van der Waals surface area contributed by atoms with Gasteiger partial charge in [0.25, 0.3) is 0 Å². The van der Waals surface area contributed by atoms with E-state index in [9.17, 15) is 8.42 Å². The van der Waals surface area contributed by atoms with E-state index in [4.69, 9.17) is 4.74 Å². The van der Waals surface area contributed by atoms with Gasteiger partial charge < -0.3 is 15.4 Å². The van der Waals surface area contributed by atoms with Crippen LogP contribution in [0, 0.1) is 0 Å². The first-order valence-electron chi connectivity index (χ1n) is 9.30. The van der Waals surface area contributed by atoms with Crippen molar-refractivity contribution < 1.29 is 13.2 Å². The first-order chi connectivity index (χ1) is 12.1. The molecule has 146 valence electrons. The van der Waals surface area contributed by atoms with Gasteiger partial charge in [0.1, 0.15) is 0 Å². The molecule has 2 fully saturated rings. The highest BCUT2D eigenvalue weighted by molar-refractivity contribution is 7.99. The largest absolute Gasteiger partial charge is 0.377 e. The Labute approximate surface area is 156 Å². The maximum absolute atomic E-state index is 12.1. The summed E-state index contributed by atoms with van der Waals surface area (Å²) in [4.78, 5) is 4.42. The number of rotatable bonds is 8. The number of aliphatic imine (C=N–C) groups is 1. The van der Waals surface area contributed by atoms with Crippen molar-refractivity contribution in [3.05, 3.63) is 0 Å². The molecule has 25 heavy (non-hydrogen) atoms. The molecule has 2 rings (SSSR count). The minimum atomic E-state index is -3.32. The van der Waals surface area contributed by atoms with Crippen LogP contribution in [0.1, 0.15) is 39.0 Å². The molecule has 2 aliphatic heterocycles. The second kappa shape index (κ2) is 11.3. The summed E-state index contributed by atoms with van der Waals surface area (Å²) in [6.07, 6.45) is 5.46. The highest BCUT2D eigenvalue weighted by atomic mass is 32.2. The zero-order valence-electron chi connectivity index (χ0n) is 15.1. The number of sulfonamides is 1. The molecular weight excluding hydrogens is 360 g/mol. The lowest BCUT2D eigenvalue weighted by molar-refractivity contribution is 0.0200. The topological polar surface area (TPSA) is 91.8 Å². The van der Waals surface area contributed by atoms with E-state index in [2.05, 4.69) is 20.3 Å². The van der Waals surface area contributed by atoms with Crippen LogP contribution in [0.3, 0.4) is 0 Å². The third-order valence-electron chi connectivity index (χ3n) is 4.28. The summed E-state index contributed by atoms with van der Waals surface area (Å²) >= 11 is 1.95. The molecule has 2 aliphatic rings. The second-order valence-corrected chi connectivity index (χ2v) is 9.55. The molecule has 7 nitrogen and oxygen atoms in total. The van der Waals surface area contributed by atoms with Gasteiger partial charge in [-0.3, -0.25) is 4.99 Å². The summed E-state index contributed by atoms with van der Waals surface area (Å²) in [5.41, 5.74) is 0. The number of nitrogens with zero attached hydrogens (tertiary/aromatic N) is 1. The average Bonchev–Trinajstić information content (AvgIpc) is 2.62. The van der Waals surface area contributed by atoms with Crippen LogP contribution in [0.2, 0.25) is 0 Å². The van der Waals surface area contributed by atoms with E-state index in [0.29, 0.717) is 18.5 Å². The molecular formula is C16H32N4O3S2. The van der Waals surface area contributed by atoms with Crippen LogP contribution in [-0.2, 0) is 14.8 Å². The quantitative estimate of drug-likeness (QED) is 0.420. The van der Waals surface area contributed by atoms with Crippen molar-refractivity contribution in [2.24, 2.45) is 4.99 Å². The fourth-order valence-electron chi connectivity index (χ4n) is 2.91. The van der Waals surface area contributed by atoms with Crippen LogP contribution < -0.4 is 15.4 Å². The Morgan fingerprint density at radius 1 is 1.28 bits per heavy atom. The van der Waals surface area contributed by atoms with Crippen LogP contribution in [-0.4, -0.2) is 70.0 Å². The molecule has 0 aliphatic carbocycles. The monoisotopic (exact) mass is 392 g/mol. The Kier molecular flexibility index (Phi) is 9.36. The van der Waals surface area contributed by atoms with Crippen molar-refractivity contribution >= 4 is 27.7 Å². The Morgan fingerprint density at radius 3 is 2.84 bits per heavy atom. The van der Waals surface area contributed by atoms with Crippen LogP contribution in [0.5, 0.6) is 0 Å². The SMILES string of the molecule is CCNC(=NCCS(=O)(=O)NCC1CCCCO1)NC1CCCSC1. The second-order valence-electron chi connectivity index (χ2n) is 6.47. The zero-order valence-corrected chi connectivity index (χ0v) is 16.8. The number of ether oxygens (including phenoxy) is 1. The van der Waals surface area contributed by atoms with E-state index in [1.54, 1.807) is 0 Å². The summed E-state index contributed by atoms with van der Waals surface area (Å²) in [6, 6.07) is 0.412. The normalized spacial score (nSPS) is 25.6. The van der Waals surface area contributed by atoms with Gasteiger partial charge in [0, 0.05) is 31.5 Å². The molecule has 0 bridgehead atoms. The Hall–Kier alpha value is -0.510. The van der Waals surface area contributed by atoms with Crippen molar-refractivity contribution in [1.29, 1.82) is 0 Å². The fraction of sp³-hybridized carbons (Fsp3) is 0.938. The van der Waals surface area contributed by atoms with Crippen molar-refractivity contribution in [2.75, 3.05) is 43.5 Å². The van der Waals surface area contributed by atoms with Gasteiger partial charge in [-0.1, -0.05) is 0 Å². The maximum Gasteiger partial charge on any atom is 0.213 e. The van der Waals surface area contributed by atoms with Gasteiger partial charge in [0.2, 0.25) is 10.0 Å². The summed E-state index contributed by atoms with van der Waals surface area (Å²) < 4.78 is 32.5. The van der Waals surface area contributed by atoms with Crippen molar-refractivity contribution in [3.63, 3.8) is 0 Å². The van der Waals surface area contributed by atoms with Crippen LogP contribution in [0.15, 0.2) is 4.99 Å². The summed E-state index contributed by atoms with van der Waals surface area (Å²) in [5, 5.41) is 6.60. The number of hydrogen-bond acceptors (Lipinski definition) is 5. The minimum absolute atomic E-state index is 0.00426. The standard InChI is InChI=1S/C16H32N4O3S2/c1-2-17-16(20-14-6-5-10-24-13-14)18-8-11-25(21,22)19-12-15-7-3-4-9-23-15/h14-15,19H,2-13H2,1H3,(H2,17,18,20). The third-order valence-corrected chi connectivity index (χ3v) is 6.82. The van der Waals surface area contributed by atoms with Crippen molar-refractivity contribution in [3.8, 4) is 0 Å². The van der Waals surface area contributed by atoms with Gasteiger partial charge in [-0.2, -0.15) is 11.8 Å². The molecule has 2 unspecified atom stereocenters. The van der Waals surface area contributed by atoms with E-state index in [-0.39, 0.29) is 18.4 Å². The van der Waals surface area contributed by atoms with Gasteiger partial charge in [-0.05, 0) is 44.8 Å². The Bertz CT molecular complexity index is 502. The summed E-state index contributed by atoms with van der Waals surface area (Å²) in [7, 11) is -3.32. The maximum atomic E-state index is 12.1. The predicted octanol–water partition coefficient (Wildman–Crippen LogP) is 0.926. The first kappa shape index (κ1) is 20.8. The van der Waals surface area contributed by atoms with Gasteiger partial charge in [0.05, 0.1) is 18.4 Å². The fourth-order valence-corrected chi connectivity index (χ4v) is 4.89. The molecule has 0 aromatic rings. The number of hydrogen-bond donors (Lipinski definition) is 3. The highest BCUT2D eigenvalue weighted by Gasteiger charge is 2.18. The molecule has 3 N–H and O–H groups in total. The molecule has 0 amide bonds. The summed E-state index contributed by atoms with van der Waals surface area (Å²) in [6.45, 7) is 4.11. The number of nitrogens with one attached hydrogen (secondary N) is 3. The molecule has 0 aromatic heterocycles. The van der Waals surface area contributed by atoms with E-state index in [1.165, 1.54) is 12.2 Å². The van der Waals surface area contributed by atoms with Gasteiger partial charge in [0.15, 0.2) is 5.96 Å². The van der Waals surface area contributed by atoms with Crippen molar-refractivity contribution in [1.82, 2.24) is 15.4 Å². The third kappa shape index (κ3) is 8.61. The molecule has 2 saturated heterocycles. The van der Waals surface area contributed by atoms with Crippen LogP contribution in [0.4, 0.5) is 0 Å². The zero-order chi connectivity index (χ0) is 18.0. The smallest absolute Gasteiger partial charge is 0.213 e. The molecule has 0 aromatic carbocycles. The van der Waals surface area contributed by atoms with Gasteiger partial charge >= 0.3 is 0 Å². The molecule has 9 heteroatoms. The van der Waals surface area contributed by atoms with E-state index in [1.807, 2.05) is 18.7 Å². The Morgan fingerprint density at radius 2 is 2.16 bits per heavy atom.